The predicted octanol–water partition coefficient (Wildman–Crippen LogP) is 3.79. The molecule has 0 radical (unpaired) electrons. The number of nitrogens with one attached hydrogen (secondary N) is 1. The number of hydrogen-bond donors (Lipinski definition) is 1. The number of rotatable bonds is 3. The molecule has 0 saturated carbocycles. The summed E-state index contributed by atoms with van der Waals surface area (Å²) < 4.78 is 5.34. The molecule has 1 aromatic carbocycles. The number of carbonyl (C=O) groups is 3. The molecule has 0 spiro atoms. The van der Waals surface area contributed by atoms with Gasteiger partial charge in [-0.25, -0.2) is 4.79 Å². The first-order valence-corrected chi connectivity index (χ1v) is 10.6. The van der Waals surface area contributed by atoms with Gasteiger partial charge in [-0.15, -0.1) is 11.3 Å². The second-order valence-electron chi connectivity index (χ2n) is 8.24. The van der Waals surface area contributed by atoms with Gasteiger partial charge in [0, 0.05) is 4.88 Å². The van der Waals surface area contributed by atoms with E-state index in [-0.39, 0.29) is 5.91 Å². The van der Waals surface area contributed by atoms with Crippen LogP contribution in [0.5, 0.6) is 0 Å². The minimum atomic E-state index is -1.09. The summed E-state index contributed by atoms with van der Waals surface area (Å²) in [6.07, 6.45) is 3.10. The smallest absolute Gasteiger partial charge is 0.348 e. The zero-order valence-corrected chi connectivity index (χ0v) is 17.6. The standard InChI is InChI=1S/C22H24N2O4S/c1-13-8-9-17-14(10-13)11-18(29-17)20(26)28-12-19(25)24-16-7-5-4-6-15(16)23-21(27)22(24,2)3/h4-7,11,13H,8-10,12H2,1-3H3,(H,23,27)/t13-/m1/s1. The summed E-state index contributed by atoms with van der Waals surface area (Å²) in [7, 11) is 0. The van der Waals surface area contributed by atoms with Crippen LogP contribution in [-0.4, -0.2) is 29.9 Å². The number of hydrogen-bond acceptors (Lipinski definition) is 5. The van der Waals surface area contributed by atoms with Crippen molar-refractivity contribution in [2.75, 3.05) is 16.8 Å². The number of para-hydroxylation sites is 2. The molecular weight excluding hydrogens is 388 g/mol. The zero-order chi connectivity index (χ0) is 20.8. The third-order valence-corrected chi connectivity index (χ3v) is 6.83. The lowest BCUT2D eigenvalue weighted by Crippen LogP contribution is -2.59. The Bertz CT molecular complexity index is 994. The molecule has 4 rings (SSSR count). The second kappa shape index (κ2) is 7.30. The van der Waals surface area contributed by atoms with Crippen LogP contribution in [0.4, 0.5) is 11.4 Å². The molecular formula is C22H24N2O4S. The first-order valence-electron chi connectivity index (χ1n) is 9.79. The molecule has 152 valence electrons. The van der Waals surface area contributed by atoms with Gasteiger partial charge < -0.3 is 10.1 Å². The summed E-state index contributed by atoms with van der Waals surface area (Å²) in [5, 5.41) is 2.82. The first kappa shape index (κ1) is 19.6. The highest BCUT2D eigenvalue weighted by atomic mass is 32.1. The van der Waals surface area contributed by atoms with Crippen molar-refractivity contribution in [2.45, 2.75) is 45.6 Å². The van der Waals surface area contributed by atoms with E-state index in [0.717, 1.165) is 19.3 Å². The topological polar surface area (TPSA) is 75.7 Å². The van der Waals surface area contributed by atoms with Crippen molar-refractivity contribution in [2.24, 2.45) is 5.92 Å². The van der Waals surface area contributed by atoms with Gasteiger partial charge in [0.05, 0.1) is 11.4 Å². The van der Waals surface area contributed by atoms with Crippen LogP contribution in [-0.2, 0) is 27.2 Å². The van der Waals surface area contributed by atoms with Gasteiger partial charge in [0.2, 0.25) is 5.91 Å². The number of nitrogens with zero attached hydrogens (tertiary/aromatic N) is 1. The Labute approximate surface area is 173 Å². The number of esters is 1. The highest BCUT2D eigenvalue weighted by Crippen LogP contribution is 2.37. The van der Waals surface area contributed by atoms with Crippen molar-refractivity contribution >= 4 is 40.5 Å². The quantitative estimate of drug-likeness (QED) is 0.778. The summed E-state index contributed by atoms with van der Waals surface area (Å²) in [4.78, 5) is 41.2. The molecule has 0 saturated heterocycles. The van der Waals surface area contributed by atoms with Gasteiger partial charge in [-0.1, -0.05) is 19.1 Å². The van der Waals surface area contributed by atoms with Crippen LogP contribution in [0.2, 0.25) is 0 Å². The van der Waals surface area contributed by atoms with Crippen LogP contribution < -0.4 is 10.2 Å². The number of ether oxygens (including phenoxy) is 1. The maximum atomic E-state index is 13.0. The van der Waals surface area contributed by atoms with E-state index in [1.165, 1.54) is 26.7 Å². The highest BCUT2D eigenvalue weighted by Gasteiger charge is 2.43. The van der Waals surface area contributed by atoms with Crippen LogP contribution in [0.3, 0.4) is 0 Å². The van der Waals surface area contributed by atoms with E-state index in [1.54, 1.807) is 38.1 Å². The summed E-state index contributed by atoms with van der Waals surface area (Å²) in [6.45, 7) is 5.15. The van der Waals surface area contributed by atoms with E-state index >= 15 is 0 Å². The number of anilines is 2. The van der Waals surface area contributed by atoms with E-state index in [9.17, 15) is 14.4 Å². The maximum Gasteiger partial charge on any atom is 0.348 e. The number of thiophene rings is 1. The lowest BCUT2D eigenvalue weighted by Gasteiger charge is -2.41. The minimum Gasteiger partial charge on any atom is -0.451 e. The summed E-state index contributed by atoms with van der Waals surface area (Å²) in [5.74, 6) is -0.579. The van der Waals surface area contributed by atoms with Crippen molar-refractivity contribution < 1.29 is 19.1 Å². The summed E-state index contributed by atoms with van der Waals surface area (Å²) in [5.41, 5.74) is 1.29. The SMILES string of the molecule is C[C@@H]1CCc2sc(C(=O)OCC(=O)N3c4ccccc4NC(=O)C3(C)C)cc2C1. The van der Waals surface area contributed by atoms with Gasteiger partial charge in [0.25, 0.3) is 5.91 Å². The van der Waals surface area contributed by atoms with Gasteiger partial charge in [0.1, 0.15) is 10.4 Å². The molecule has 2 aromatic rings. The Morgan fingerprint density at radius 3 is 2.86 bits per heavy atom. The van der Waals surface area contributed by atoms with E-state index < -0.39 is 24.0 Å². The Balaban J connectivity index is 1.49. The van der Waals surface area contributed by atoms with Crippen LogP contribution in [0.15, 0.2) is 30.3 Å². The van der Waals surface area contributed by atoms with Gasteiger partial charge in [-0.05, 0) is 62.8 Å². The Morgan fingerprint density at radius 1 is 1.31 bits per heavy atom. The van der Waals surface area contributed by atoms with Gasteiger partial charge in [-0.3, -0.25) is 14.5 Å². The Morgan fingerprint density at radius 2 is 2.07 bits per heavy atom. The highest BCUT2D eigenvalue weighted by molar-refractivity contribution is 7.14. The van der Waals surface area contributed by atoms with E-state index in [2.05, 4.69) is 12.2 Å². The number of fused-ring (bicyclic) bond motifs is 2. The second-order valence-corrected chi connectivity index (χ2v) is 9.38. The molecule has 7 heteroatoms. The average Bonchev–Trinajstić information content (AvgIpc) is 3.10. The van der Waals surface area contributed by atoms with Crippen molar-refractivity contribution in [3.63, 3.8) is 0 Å². The lowest BCUT2D eigenvalue weighted by atomic mass is 9.90. The van der Waals surface area contributed by atoms with Crippen LogP contribution in [0, 0.1) is 5.92 Å². The predicted molar refractivity (Wildman–Crippen MR) is 112 cm³/mol. The van der Waals surface area contributed by atoms with Gasteiger partial charge in [-0.2, -0.15) is 0 Å². The average molecular weight is 413 g/mol. The van der Waals surface area contributed by atoms with Crippen molar-refractivity contribution in [3.8, 4) is 0 Å². The van der Waals surface area contributed by atoms with Crippen LogP contribution in [0.1, 0.15) is 47.3 Å². The largest absolute Gasteiger partial charge is 0.451 e. The van der Waals surface area contributed by atoms with Gasteiger partial charge >= 0.3 is 5.97 Å². The molecule has 1 N–H and O–H groups in total. The van der Waals surface area contributed by atoms with E-state index in [4.69, 9.17) is 4.74 Å². The third kappa shape index (κ3) is 3.55. The molecule has 1 aromatic heterocycles. The van der Waals surface area contributed by atoms with Crippen LogP contribution in [0.25, 0.3) is 0 Å². The molecule has 0 bridgehead atoms. The molecule has 2 amide bonds. The first-order chi connectivity index (χ1) is 13.8. The van der Waals surface area contributed by atoms with E-state index in [1.807, 2.05) is 6.07 Å². The number of benzene rings is 1. The number of carbonyl (C=O) groups excluding carboxylic acids is 3. The molecule has 6 nitrogen and oxygen atoms in total. The van der Waals surface area contributed by atoms with Crippen molar-refractivity contribution in [1.29, 1.82) is 0 Å². The number of aryl methyl sites for hydroxylation is 1. The Kier molecular flexibility index (Phi) is 4.94. The summed E-state index contributed by atoms with van der Waals surface area (Å²) in [6, 6.07) is 9.00. The molecule has 29 heavy (non-hydrogen) atoms. The normalized spacial score (nSPS) is 19.8. The maximum absolute atomic E-state index is 13.0. The fourth-order valence-electron chi connectivity index (χ4n) is 3.97. The third-order valence-electron chi connectivity index (χ3n) is 5.61. The molecule has 0 fully saturated rings. The molecule has 1 aliphatic heterocycles. The Hall–Kier alpha value is -2.67. The molecule has 1 aliphatic carbocycles. The zero-order valence-electron chi connectivity index (χ0n) is 16.8. The molecule has 2 heterocycles. The van der Waals surface area contributed by atoms with E-state index in [0.29, 0.717) is 22.2 Å². The summed E-state index contributed by atoms with van der Waals surface area (Å²) >= 11 is 1.46. The fraction of sp³-hybridized carbons (Fsp3) is 0.409. The monoisotopic (exact) mass is 412 g/mol. The lowest BCUT2D eigenvalue weighted by molar-refractivity contribution is -0.128. The van der Waals surface area contributed by atoms with Gasteiger partial charge in [0.15, 0.2) is 6.61 Å². The molecule has 0 unspecified atom stereocenters. The van der Waals surface area contributed by atoms with Crippen molar-refractivity contribution in [1.82, 2.24) is 0 Å². The minimum absolute atomic E-state index is 0.282. The number of amides is 2. The fourth-order valence-corrected chi connectivity index (χ4v) is 5.07. The van der Waals surface area contributed by atoms with Crippen molar-refractivity contribution in [3.05, 3.63) is 45.6 Å². The molecule has 2 aliphatic rings. The van der Waals surface area contributed by atoms with Crippen LogP contribution >= 0.6 is 11.3 Å². The molecule has 1 atom stereocenters.